The Bertz CT molecular complexity index is 541. The first-order valence-electron chi connectivity index (χ1n) is 8.16. The van der Waals surface area contributed by atoms with E-state index in [1.165, 1.54) is 5.56 Å². The second-order valence-electron chi connectivity index (χ2n) is 6.17. The van der Waals surface area contributed by atoms with Gasteiger partial charge in [0.05, 0.1) is 19.8 Å². The largest absolute Gasteiger partial charge is 0.381 e. The molecule has 7 heteroatoms. The number of nitrogens with zero attached hydrogens (tertiary/aromatic N) is 2. The molecule has 0 aliphatic carbocycles. The van der Waals surface area contributed by atoms with Crippen molar-refractivity contribution >= 4 is 45.9 Å². The summed E-state index contributed by atoms with van der Waals surface area (Å²) in [5, 5.41) is 0. The molecule has 0 aromatic heterocycles. The lowest BCUT2D eigenvalue weighted by Gasteiger charge is -2.37. The molecule has 0 atom stereocenters. The average Bonchev–Trinajstić information content (AvgIpc) is 2.62. The van der Waals surface area contributed by atoms with Crippen molar-refractivity contribution in [3.8, 4) is 0 Å². The summed E-state index contributed by atoms with van der Waals surface area (Å²) in [4.78, 5) is 6.85. The molecule has 24 heavy (non-hydrogen) atoms. The molecule has 3 rings (SSSR count). The van der Waals surface area contributed by atoms with E-state index in [1.54, 1.807) is 0 Å². The number of halogens is 2. The van der Waals surface area contributed by atoms with Gasteiger partial charge in [-0.15, -0.1) is 24.0 Å². The Morgan fingerprint density at radius 3 is 2.29 bits per heavy atom. The standard InChI is InChI=1S/C17H24BrN3O2.HI/c18-15-3-1-14(2-4-15)17(5-9-22-10-6-17)13-20-16(19)21-7-11-23-12-8-21;/h1-4H,5-13H2,(H2,19,20);1H. The summed E-state index contributed by atoms with van der Waals surface area (Å²) in [6.45, 7) is 5.37. The van der Waals surface area contributed by atoms with E-state index in [0.29, 0.717) is 12.5 Å². The van der Waals surface area contributed by atoms with Gasteiger partial charge >= 0.3 is 0 Å². The molecule has 0 spiro atoms. The first kappa shape index (κ1) is 19.9. The van der Waals surface area contributed by atoms with Gasteiger partial charge in [0.15, 0.2) is 5.96 Å². The lowest BCUT2D eigenvalue weighted by Crippen LogP contribution is -2.46. The minimum absolute atomic E-state index is 0. The van der Waals surface area contributed by atoms with E-state index in [0.717, 1.165) is 56.8 Å². The minimum atomic E-state index is 0. The molecule has 1 aromatic rings. The maximum absolute atomic E-state index is 6.21. The quantitative estimate of drug-likeness (QED) is 0.386. The van der Waals surface area contributed by atoms with Crippen molar-refractivity contribution in [1.29, 1.82) is 0 Å². The van der Waals surface area contributed by atoms with E-state index in [4.69, 9.17) is 20.2 Å². The molecule has 2 N–H and O–H groups in total. The Morgan fingerprint density at radius 2 is 1.67 bits per heavy atom. The molecule has 0 amide bonds. The summed E-state index contributed by atoms with van der Waals surface area (Å²) >= 11 is 3.51. The van der Waals surface area contributed by atoms with Gasteiger partial charge in [0.1, 0.15) is 0 Å². The van der Waals surface area contributed by atoms with Crippen LogP contribution in [0.4, 0.5) is 0 Å². The summed E-state index contributed by atoms with van der Waals surface area (Å²) in [5.41, 5.74) is 7.55. The van der Waals surface area contributed by atoms with Crippen LogP contribution in [0.3, 0.4) is 0 Å². The van der Waals surface area contributed by atoms with Gasteiger partial charge in [-0.2, -0.15) is 0 Å². The molecule has 134 valence electrons. The Labute approximate surface area is 169 Å². The molecule has 1 aromatic carbocycles. The number of ether oxygens (including phenoxy) is 2. The van der Waals surface area contributed by atoms with Gasteiger partial charge in [0.2, 0.25) is 0 Å². The highest BCUT2D eigenvalue weighted by Crippen LogP contribution is 2.35. The van der Waals surface area contributed by atoms with Crippen molar-refractivity contribution in [2.75, 3.05) is 46.1 Å². The third kappa shape index (κ3) is 4.83. The normalized spacial score (nSPS) is 21.2. The Kier molecular flexibility index (Phi) is 7.77. The topological polar surface area (TPSA) is 60.1 Å². The fraction of sp³-hybridized carbons (Fsp3) is 0.588. The molecule has 2 aliphatic heterocycles. The van der Waals surface area contributed by atoms with Crippen molar-refractivity contribution in [2.45, 2.75) is 18.3 Å². The van der Waals surface area contributed by atoms with Crippen molar-refractivity contribution in [3.63, 3.8) is 0 Å². The highest BCUT2D eigenvalue weighted by molar-refractivity contribution is 14.0. The molecule has 0 bridgehead atoms. The summed E-state index contributed by atoms with van der Waals surface area (Å²) in [7, 11) is 0. The first-order chi connectivity index (χ1) is 11.2. The van der Waals surface area contributed by atoms with Gasteiger partial charge in [0.25, 0.3) is 0 Å². The smallest absolute Gasteiger partial charge is 0.191 e. The lowest BCUT2D eigenvalue weighted by molar-refractivity contribution is 0.0524. The number of guanidine groups is 1. The molecule has 0 radical (unpaired) electrons. The predicted molar refractivity (Wildman–Crippen MR) is 110 cm³/mol. The van der Waals surface area contributed by atoms with E-state index in [9.17, 15) is 0 Å². The van der Waals surface area contributed by atoms with E-state index < -0.39 is 0 Å². The van der Waals surface area contributed by atoms with Crippen LogP contribution >= 0.6 is 39.9 Å². The van der Waals surface area contributed by atoms with E-state index >= 15 is 0 Å². The number of nitrogens with two attached hydrogens (primary N) is 1. The van der Waals surface area contributed by atoms with Crippen LogP contribution < -0.4 is 5.73 Å². The fourth-order valence-corrected chi connectivity index (χ4v) is 3.49. The van der Waals surface area contributed by atoms with Gasteiger partial charge in [0, 0.05) is 36.2 Å². The molecule has 0 unspecified atom stereocenters. The third-order valence-electron chi connectivity index (χ3n) is 4.79. The number of hydrogen-bond acceptors (Lipinski definition) is 3. The number of rotatable bonds is 3. The van der Waals surface area contributed by atoms with Crippen LogP contribution in [0.25, 0.3) is 0 Å². The fourth-order valence-electron chi connectivity index (χ4n) is 3.23. The highest BCUT2D eigenvalue weighted by atomic mass is 127. The van der Waals surface area contributed by atoms with Gasteiger partial charge in [-0.1, -0.05) is 28.1 Å². The Balaban J connectivity index is 0.00000208. The van der Waals surface area contributed by atoms with Gasteiger partial charge in [-0.05, 0) is 30.5 Å². The van der Waals surface area contributed by atoms with Crippen molar-refractivity contribution in [2.24, 2.45) is 10.7 Å². The van der Waals surface area contributed by atoms with E-state index in [1.807, 2.05) is 0 Å². The second-order valence-corrected chi connectivity index (χ2v) is 7.09. The van der Waals surface area contributed by atoms with Crippen LogP contribution in [0.2, 0.25) is 0 Å². The average molecular weight is 510 g/mol. The zero-order chi connectivity index (χ0) is 16.1. The van der Waals surface area contributed by atoms with E-state index in [-0.39, 0.29) is 29.4 Å². The molecule has 2 aliphatic rings. The van der Waals surface area contributed by atoms with Crippen molar-refractivity contribution < 1.29 is 9.47 Å². The van der Waals surface area contributed by atoms with Crippen molar-refractivity contribution in [1.82, 2.24) is 4.90 Å². The zero-order valence-corrected chi connectivity index (χ0v) is 17.7. The van der Waals surface area contributed by atoms with Crippen molar-refractivity contribution in [3.05, 3.63) is 34.3 Å². The monoisotopic (exact) mass is 509 g/mol. The summed E-state index contributed by atoms with van der Waals surface area (Å²) in [6.07, 6.45) is 1.96. The maximum Gasteiger partial charge on any atom is 0.191 e. The molecule has 2 fully saturated rings. The Hall–Kier alpha value is -0.380. The molecule has 2 heterocycles. The van der Waals surface area contributed by atoms with Crippen LogP contribution in [0.5, 0.6) is 0 Å². The second kappa shape index (κ2) is 9.35. The number of hydrogen-bond donors (Lipinski definition) is 1. The molecular formula is C17H25BrIN3O2. The lowest BCUT2D eigenvalue weighted by atomic mass is 9.74. The van der Waals surface area contributed by atoms with Gasteiger partial charge in [-0.25, -0.2) is 0 Å². The summed E-state index contributed by atoms with van der Waals surface area (Å²) in [5.74, 6) is 0.635. The molecular weight excluding hydrogens is 485 g/mol. The van der Waals surface area contributed by atoms with Crippen LogP contribution in [-0.2, 0) is 14.9 Å². The first-order valence-corrected chi connectivity index (χ1v) is 8.95. The summed E-state index contributed by atoms with van der Waals surface area (Å²) in [6, 6.07) is 8.58. The maximum atomic E-state index is 6.21. The Morgan fingerprint density at radius 1 is 1.08 bits per heavy atom. The molecule has 2 saturated heterocycles. The van der Waals surface area contributed by atoms with Crippen LogP contribution in [0.15, 0.2) is 33.7 Å². The number of morpholine rings is 1. The molecule has 0 saturated carbocycles. The number of aliphatic imine (C=N–C) groups is 1. The van der Waals surface area contributed by atoms with E-state index in [2.05, 4.69) is 45.1 Å². The summed E-state index contributed by atoms with van der Waals surface area (Å²) < 4.78 is 12.0. The van der Waals surface area contributed by atoms with Crippen LogP contribution in [0.1, 0.15) is 18.4 Å². The highest BCUT2D eigenvalue weighted by Gasteiger charge is 2.34. The SMILES string of the molecule is I.NC(=NCC1(c2ccc(Br)cc2)CCOCC1)N1CCOCC1. The predicted octanol–water partition coefficient (Wildman–Crippen LogP) is 2.76. The van der Waals surface area contributed by atoms with Crippen LogP contribution in [0, 0.1) is 0 Å². The minimum Gasteiger partial charge on any atom is -0.381 e. The third-order valence-corrected chi connectivity index (χ3v) is 5.31. The van der Waals surface area contributed by atoms with Gasteiger partial charge < -0.3 is 20.1 Å². The number of benzene rings is 1. The van der Waals surface area contributed by atoms with Gasteiger partial charge in [-0.3, -0.25) is 4.99 Å². The molecule has 5 nitrogen and oxygen atoms in total. The zero-order valence-electron chi connectivity index (χ0n) is 13.7. The van der Waals surface area contributed by atoms with Crippen LogP contribution in [-0.4, -0.2) is 56.9 Å².